The van der Waals surface area contributed by atoms with Crippen molar-refractivity contribution in [2.24, 2.45) is 0 Å². The van der Waals surface area contributed by atoms with Crippen molar-refractivity contribution < 1.29 is 18.3 Å². The highest BCUT2D eigenvalue weighted by Gasteiger charge is 2.42. The van der Waals surface area contributed by atoms with Crippen LogP contribution in [-0.4, -0.2) is 25.0 Å². The van der Waals surface area contributed by atoms with E-state index >= 15 is 0 Å². The van der Waals surface area contributed by atoms with Crippen molar-refractivity contribution in [1.82, 2.24) is 4.72 Å². The van der Waals surface area contributed by atoms with Crippen LogP contribution in [0.3, 0.4) is 0 Å². The molecule has 18 heavy (non-hydrogen) atoms. The SMILES string of the molecule is CC1(NS(=O)(=O)c2ccc(N)cc2C(=O)O)CC1. The monoisotopic (exact) mass is 270 g/mol. The van der Waals surface area contributed by atoms with Gasteiger partial charge in [0.1, 0.15) is 0 Å². The number of carbonyl (C=O) groups is 1. The number of nitrogens with one attached hydrogen (secondary N) is 1. The molecule has 0 atom stereocenters. The van der Waals surface area contributed by atoms with Crippen LogP contribution in [-0.2, 0) is 10.0 Å². The number of benzene rings is 1. The van der Waals surface area contributed by atoms with Crippen LogP contribution in [0, 0.1) is 0 Å². The number of sulfonamides is 1. The molecule has 0 unspecified atom stereocenters. The van der Waals surface area contributed by atoms with Crippen LogP contribution in [0.4, 0.5) is 5.69 Å². The number of rotatable bonds is 4. The summed E-state index contributed by atoms with van der Waals surface area (Å²) >= 11 is 0. The fraction of sp³-hybridized carbons (Fsp3) is 0.364. The third kappa shape index (κ3) is 2.46. The highest BCUT2D eigenvalue weighted by molar-refractivity contribution is 7.89. The van der Waals surface area contributed by atoms with Crippen LogP contribution in [0.15, 0.2) is 23.1 Å². The van der Waals surface area contributed by atoms with Gasteiger partial charge >= 0.3 is 5.97 Å². The molecule has 0 radical (unpaired) electrons. The highest BCUT2D eigenvalue weighted by atomic mass is 32.2. The van der Waals surface area contributed by atoms with Crippen molar-refractivity contribution in [1.29, 1.82) is 0 Å². The first-order valence-corrected chi connectivity index (χ1v) is 6.89. The van der Waals surface area contributed by atoms with Crippen LogP contribution >= 0.6 is 0 Å². The van der Waals surface area contributed by atoms with Crippen LogP contribution in [0.1, 0.15) is 30.1 Å². The largest absolute Gasteiger partial charge is 0.478 e. The lowest BCUT2D eigenvalue weighted by Gasteiger charge is -2.14. The average Bonchev–Trinajstić information content (AvgIpc) is 2.94. The van der Waals surface area contributed by atoms with E-state index in [0.717, 1.165) is 18.9 Å². The summed E-state index contributed by atoms with van der Waals surface area (Å²) < 4.78 is 26.7. The summed E-state index contributed by atoms with van der Waals surface area (Å²) in [6.07, 6.45) is 1.51. The molecule has 0 aromatic heterocycles. The van der Waals surface area contributed by atoms with Gasteiger partial charge in [-0.2, -0.15) is 0 Å². The molecular formula is C11H14N2O4S. The van der Waals surface area contributed by atoms with E-state index in [1.807, 2.05) is 0 Å². The van der Waals surface area contributed by atoms with Gasteiger partial charge < -0.3 is 10.8 Å². The van der Waals surface area contributed by atoms with Crippen molar-refractivity contribution in [3.63, 3.8) is 0 Å². The molecule has 1 aliphatic carbocycles. The van der Waals surface area contributed by atoms with E-state index in [-0.39, 0.29) is 16.1 Å². The van der Waals surface area contributed by atoms with E-state index in [9.17, 15) is 13.2 Å². The molecular weight excluding hydrogens is 256 g/mol. The number of nitrogens with two attached hydrogens (primary N) is 1. The summed E-state index contributed by atoms with van der Waals surface area (Å²) in [7, 11) is -3.83. The van der Waals surface area contributed by atoms with E-state index in [4.69, 9.17) is 10.8 Å². The Kier molecular flexibility index (Phi) is 2.83. The van der Waals surface area contributed by atoms with E-state index in [1.54, 1.807) is 6.92 Å². The molecule has 6 nitrogen and oxygen atoms in total. The zero-order valence-corrected chi connectivity index (χ0v) is 10.6. The zero-order chi connectivity index (χ0) is 13.6. The second kappa shape index (κ2) is 3.96. The summed E-state index contributed by atoms with van der Waals surface area (Å²) in [5.74, 6) is -1.32. The topological polar surface area (TPSA) is 109 Å². The molecule has 0 saturated heterocycles. The molecule has 4 N–H and O–H groups in total. The lowest BCUT2D eigenvalue weighted by Crippen LogP contribution is -2.35. The highest BCUT2D eigenvalue weighted by Crippen LogP contribution is 2.36. The zero-order valence-electron chi connectivity index (χ0n) is 9.80. The lowest BCUT2D eigenvalue weighted by atomic mass is 10.2. The van der Waals surface area contributed by atoms with Crippen LogP contribution < -0.4 is 10.5 Å². The molecule has 1 aliphatic rings. The van der Waals surface area contributed by atoms with Gasteiger partial charge in [-0.15, -0.1) is 0 Å². The minimum atomic E-state index is -3.83. The lowest BCUT2D eigenvalue weighted by molar-refractivity contribution is 0.0692. The number of carboxylic acids is 1. The number of aromatic carboxylic acids is 1. The summed E-state index contributed by atoms with van der Waals surface area (Å²) in [6.45, 7) is 1.78. The predicted molar refractivity (Wildman–Crippen MR) is 65.8 cm³/mol. The number of nitrogen functional groups attached to an aromatic ring is 1. The Balaban J connectivity index is 2.46. The Morgan fingerprint density at radius 1 is 1.44 bits per heavy atom. The number of hydrogen-bond acceptors (Lipinski definition) is 4. The van der Waals surface area contributed by atoms with Gasteiger partial charge in [-0.05, 0) is 38.0 Å². The van der Waals surface area contributed by atoms with Gasteiger partial charge in [-0.1, -0.05) is 0 Å². The molecule has 0 spiro atoms. The van der Waals surface area contributed by atoms with Gasteiger partial charge in [0.2, 0.25) is 10.0 Å². The van der Waals surface area contributed by atoms with Crippen molar-refractivity contribution >= 4 is 21.7 Å². The van der Waals surface area contributed by atoms with E-state index in [2.05, 4.69) is 4.72 Å². The molecule has 2 rings (SSSR count). The molecule has 1 fully saturated rings. The maximum Gasteiger partial charge on any atom is 0.337 e. The first-order chi connectivity index (χ1) is 8.23. The fourth-order valence-corrected chi connectivity index (χ4v) is 3.26. The predicted octanol–water partition coefficient (Wildman–Crippen LogP) is 0.798. The van der Waals surface area contributed by atoms with Gasteiger partial charge in [0.05, 0.1) is 10.5 Å². The number of hydrogen-bond donors (Lipinski definition) is 3. The van der Waals surface area contributed by atoms with E-state index in [0.29, 0.717) is 0 Å². The maximum atomic E-state index is 12.1. The third-order valence-electron chi connectivity index (χ3n) is 2.90. The first kappa shape index (κ1) is 12.8. The van der Waals surface area contributed by atoms with Crippen molar-refractivity contribution in [2.75, 3.05) is 5.73 Å². The third-order valence-corrected chi connectivity index (χ3v) is 4.60. The van der Waals surface area contributed by atoms with Crippen molar-refractivity contribution in [3.05, 3.63) is 23.8 Å². The quantitative estimate of drug-likeness (QED) is 0.701. The summed E-state index contributed by atoms with van der Waals surface area (Å²) in [6, 6.07) is 3.73. The second-order valence-corrected chi connectivity index (χ2v) is 6.38. The minimum Gasteiger partial charge on any atom is -0.478 e. The molecule has 0 amide bonds. The summed E-state index contributed by atoms with van der Waals surface area (Å²) in [4.78, 5) is 10.8. The van der Waals surface area contributed by atoms with Gasteiger partial charge in [0.15, 0.2) is 0 Å². The van der Waals surface area contributed by atoms with Gasteiger partial charge in [-0.25, -0.2) is 17.9 Å². The van der Waals surface area contributed by atoms with E-state index < -0.39 is 21.5 Å². The Labute approximate surface area is 105 Å². The van der Waals surface area contributed by atoms with Gasteiger partial charge in [0, 0.05) is 11.2 Å². The molecule has 0 heterocycles. The normalized spacial score (nSPS) is 17.4. The number of anilines is 1. The molecule has 1 saturated carbocycles. The molecule has 0 bridgehead atoms. The Morgan fingerprint density at radius 2 is 2.06 bits per heavy atom. The molecule has 1 aromatic rings. The standard InChI is InChI=1S/C11H14N2O4S/c1-11(4-5-11)13-18(16,17)9-3-2-7(12)6-8(9)10(14)15/h2-3,6,13H,4-5,12H2,1H3,(H,14,15). The summed E-state index contributed by atoms with van der Waals surface area (Å²) in [5, 5.41) is 9.02. The van der Waals surface area contributed by atoms with Crippen molar-refractivity contribution in [3.8, 4) is 0 Å². The molecule has 98 valence electrons. The van der Waals surface area contributed by atoms with Crippen LogP contribution in [0.25, 0.3) is 0 Å². The average molecular weight is 270 g/mol. The smallest absolute Gasteiger partial charge is 0.337 e. The second-order valence-electron chi connectivity index (χ2n) is 4.73. The minimum absolute atomic E-state index is 0.212. The van der Waals surface area contributed by atoms with Gasteiger partial charge in [-0.3, -0.25) is 0 Å². The first-order valence-electron chi connectivity index (χ1n) is 5.40. The Hall–Kier alpha value is -1.60. The van der Waals surface area contributed by atoms with Crippen LogP contribution in [0.5, 0.6) is 0 Å². The molecule has 1 aromatic carbocycles. The molecule has 0 aliphatic heterocycles. The van der Waals surface area contributed by atoms with E-state index in [1.165, 1.54) is 12.1 Å². The Morgan fingerprint density at radius 3 is 2.56 bits per heavy atom. The van der Waals surface area contributed by atoms with Crippen LogP contribution in [0.2, 0.25) is 0 Å². The fourth-order valence-electron chi connectivity index (χ4n) is 1.62. The summed E-state index contributed by atoms with van der Waals surface area (Å²) in [5.41, 5.74) is 4.92. The van der Waals surface area contributed by atoms with Gasteiger partial charge in [0.25, 0.3) is 0 Å². The molecule has 7 heteroatoms. The number of carboxylic acid groups (broad SMARTS) is 1. The maximum absolute atomic E-state index is 12.1. The Bertz CT molecular complexity index is 605. The van der Waals surface area contributed by atoms with Crippen molar-refractivity contribution in [2.45, 2.75) is 30.2 Å².